The maximum Gasteiger partial charge on any atom is 0.348 e. The molecule has 1 saturated heterocycles. The molecule has 4 rings (SSSR count). The van der Waals surface area contributed by atoms with Crippen molar-refractivity contribution in [2.75, 3.05) is 30.0 Å². The van der Waals surface area contributed by atoms with Crippen LogP contribution < -0.4 is 4.90 Å². The summed E-state index contributed by atoms with van der Waals surface area (Å²) in [5.74, 6) is -1.37. The van der Waals surface area contributed by atoms with Gasteiger partial charge in [-0.1, -0.05) is 76.1 Å². The minimum absolute atomic E-state index is 0.137. The van der Waals surface area contributed by atoms with Crippen LogP contribution in [0.5, 0.6) is 0 Å². The number of nitrogens with zero attached hydrogens (tertiary/aromatic N) is 2. The molecular formula is C25H25Cl2IN2O3S. The Balaban J connectivity index is 0.00000158. The van der Waals surface area contributed by atoms with E-state index >= 15 is 0 Å². The highest BCUT2D eigenvalue weighted by Gasteiger charge is 2.34. The molecule has 180 valence electrons. The second-order valence-corrected chi connectivity index (χ2v) is 9.73. The summed E-state index contributed by atoms with van der Waals surface area (Å²) < 4.78 is 0. The summed E-state index contributed by atoms with van der Waals surface area (Å²) in [6.07, 6.45) is 1.48. The summed E-state index contributed by atoms with van der Waals surface area (Å²) in [5.41, 5.74) is 1.62. The molecule has 34 heavy (non-hydrogen) atoms. The molecule has 2 aromatic carbocycles. The summed E-state index contributed by atoms with van der Waals surface area (Å²) in [5, 5.41) is 10.7. The van der Waals surface area contributed by atoms with Crippen molar-refractivity contribution in [3.8, 4) is 10.4 Å². The van der Waals surface area contributed by atoms with E-state index in [0.29, 0.717) is 16.3 Å². The molecule has 1 amide bonds. The molecule has 3 aromatic rings. The van der Waals surface area contributed by atoms with Gasteiger partial charge in [-0.3, -0.25) is 4.79 Å². The highest BCUT2D eigenvalue weighted by Crippen LogP contribution is 2.40. The highest BCUT2D eigenvalue weighted by atomic mass is 127. The van der Waals surface area contributed by atoms with Gasteiger partial charge in [0.25, 0.3) is 5.91 Å². The van der Waals surface area contributed by atoms with Crippen LogP contribution in [0.15, 0.2) is 54.6 Å². The molecule has 0 radical (unpaired) electrons. The molecule has 0 aliphatic carbocycles. The molecule has 0 bridgehead atoms. The Bertz CT molecular complexity index is 1150. The number of benzene rings is 2. The first-order valence-electron chi connectivity index (χ1n) is 10.6. The number of anilines is 1. The van der Waals surface area contributed by atoms with Crippen LogP contribution >= 0.6 is 57.1 Å². The van der Waals surface area contributed by atoms with E-state index in [1.165, 1.54) is 17.4 Å². The van der Waals surface area contributed by atoms with Crippen LogP contribution in [0.25, 0.3) is 10.4 Å². The Kier molecular flexibility index (Phi) is 9.79. The molecule has 1 aliphatic rings. The average Bonchev–Trinajstić information content (AvgIpc) is 3.28. The standard InChI is InChI=1S/C24H22Cl2N2O3S.CH3I/c1-27-11-9-17(10-12-27)28(23(29)18-8-7-16(25)13-19(18)26)20-14-21(32-22(20)24(30)31)15-5-3-2-4-6-15;1-2/h2-8,13-14,17H,9-12H2,1H3,(H,30,31);1H3. The van der Waals surface area contributed by atoms with E-state index in [0.717, 1.165) is 36.4 Å². The van der Waals surface area contributed by atoms with Crippen molar-refractivity contribution < 1.29 is 14.7 Å². The smallest absolute Gasteiger partial charge is 0.348 e. The van der Waals surface area contributed by atoms with Crippen molar-refractivity contribution in [2.24, 2.45) is 0 Å². The molecule has 2 heterocycles. The number of piperidine rings is 1. The van der Waals surface area contributed by atoms with Crippen LogP contribution in [-0.4, -0.2) is 53.0 Å². The number of thiophene rings is 1. The lowest BCUT2D eigenvalue weighted by Gasteiger charge is -2.37. The molecule has 5 nitrogen and oxygen atoms in total. The van der Waals surface area contributed by atoms with Crippen molar-refractivity contribution in [1.29, 1.82) is 0 Å². The normalized spacial score (nSPS) is 14.3. The largest absolute Gasteiger partial charge is 0.477 e. The number of rotatable bonds is 5. The summed E-state index contributed by atoms with van der Waals surface area (Å²) >= 11 is 15.7. The Morgan fingerprint density at radius 2 is 1.71 bits per heavy atom. The van der Waals surface area contributed by atoms with Gasteiger partial charge in [0.15, 0.2) is 0 Å². The average molecular weight is 631 g/mol. The second kappa shape index (κ2) is 12.4. The van der Waals surface area contributed by atoms with Gasteiger partial charge in [0.1, 0.15) is 4.88 Å². The van der Waals surface area contributed by atoms with Gasteiger partial charge in [-0.15, -0.1) is 11.3 Å². The molecular weight excluding hydrogens is 606 g/mol. The van der Waals surface area contributed by atoms with Crippen molar-refractivity contribution in [3.63, 3.8) is 0 Å². The molecule has 0 unspecified atom stereocenters. The number of amides is 1. The lowest BCUT2D eigenvalue weighted by molar-refractivity contribution is 0.0702. The number of carbonyl (C=O) groups is 2. The van der Waals surface area contributed by atoms with E-state index in [-0.39, 0.29) is 21.8 Å². The topological polar surface area (TPSA) is 60.9 Å². The number of alkyl halides is 1. The summed E-state index contributed by atoms with van der Waals surface area (Å²) in [6.45, 7) is 1.64. The first kappa shape index (κ1) is 26.9. The summed E-state index contributed by atoms with van der Waals surface area (Å²) in [6, 6.07) is 16.0. The van der Waals surface area contributed by atoms with Crippen molar-refractivity contribution in [3.05, 3.63) is 75.1 Å². The fourth-order valence-corrected chi connectivity index (χ4v) is 5.46. The second-order valence-electron chi connectivity index (χ2n) is 7.83. The first-order valence-corrected chi connectivity index (χ1v) is 14.4. The lowest BCUT2D eigenvalue weighted by atomic mass is 10.0. The van der Waals surface area contributed by atoms with Gasteiger partial charge in [0, 0.05) is 15.9 Å². The van der Waals surface area contributed by atoms with E-state index < -0.39 is 5.97 Å². The van der Waals surface area contributed by atoms with Gasteiger partial charge in [-0.2, -0.15) is 0 Å². The zero-order valence-corrected chi connectivity index (χ0v) is 23.3. The van der Waals surface area contributed by atoms with Crippen LogP contribution in [0.4, 0.5) is 5.69 Å². The van der Waals surface area contributed by atoms with Crippen molar-refractivity contribution in [1.82, 2.24) is 4.90 Å². The number of halogens is 3. The predicted molar refractivity (Wildman–Crippen MR) is 150 cm³/mol. The van der Waals surface area contributed by atoms with Crippen molar-refractivity contribution >= 4 is 74.7 Å². The first-order chi connectivity index (χ1) is 16.3. The zero-order valence-electron chi connectivity index (χ0n) is 18.8. The predicted octanol–water partition coefficient (Wildman–Crippen LogP) is 7.21. The Morgan fingerprint density at radius 1 is 1.06 bits per heavy atom. The third-order valence-electron chi connectivity index (χ3n) is 5.66. The van der Waals surface area contributed by atoms with Gasteiger partial charge < -0.3 is 14.9 Å². The van der Waals surface area contributed by atoms with E-state index in [2.05, 4.69) is 27.5 Å². The van der Waals surface area contributed by atoms with Gasteiger partial charge in [-0.05, 0) is 67.7 Å². The molecule has 0 atom stereocenters. The van der Waals surface area contributed by atoms with E-state index in [4.69, 9.17) is 23.2 Å². The van der Waals surface area contributed by atoms with Crippen LogP contribution in [0, 0.1) is 0 Å². The lowest BCUT2D eigenvalue weighted by Crippen LogP contribution is -2.47. The highest BCUT2D eigenvalue weighted by molar-refractivity contribution is 14.1. The molecule has 1 fully saturated rings. The van der Waals surface area contributed by atoms with Crippen molar-refractivity contribution in [2.45, 2.75) is 18.9 Å². The number of carboxylic acids is 1. The Labute approximate surface area is 227 Å². The number of hydrogen-bond acceptors (Lipinski definition) is 4. The maximum absolute atomic E-state index is 13.8. The Hall–Kier alpha value is -1.65. The quantitative estimate of drug-likeness (QED) is 0.239. The number of likely N-dealkylation sites (tertiary alicyclic amines) is 1. The number of carboxylic acid groups (broad SMARTS) is 1. The third kappa shape index (κ3) is 6.12. The monoisotopic (exact) mass is 630 g/mol. The fourth-order valence-electron chi connectivity index (χ4n) is 3.98. The van der Waals surface area contributed by atoms with Crippen LogP contribution in [0.1, 0.15) is 32.9 Å². The molecule has 1 N–H and O–H groups in total. The van der Waals surface area contributed by atoms with E-state index in [1.54, 1.807) is 17.0 Å². The number of aromatic carboxylic acids is 1. The Morgan fingerprint density at radius 3 is 2.29 bits per heavy atom. The van der Waals surface area contributed by atoms with Crippen LogP contribution in [-0.2, 0) is 0 Å². The van der Waals surface area contributed by atoms with Gasteiger partial charge in [0.2, 0.25) is 0 Å². The zero-order chi connectivity index (χ0) is 24.8. The van der Waals surface area contributed by atoms with Crippen LogP contribution in [0.2, 0.25) is 10.0 Å². The minimum Gasteiger partial charge on any atom is -0.477 e. The molecule has 0 spiro atoms. The molecule has 0 saturated carbocycles. The fraction of sp³-hybridized carbons (Fsp3) is 0.280. The summed E-state index contributed by atoms with van der Waals surface area (Å²) in [4.78, 5) is 32.7. The van der Waals surface area contributed by atoms with Gasteiger partial charge >= 0.3 is 5.97 Å². The molecule has 9 heteroatoms. The van der Waals surface area contributed by atoms with Crippen LogP contribution in [0.3, 0.4) is 0 Å². The molecule has 1 aromatic heterocycles. The maximum atomic E-state index is 13.8. The van der Waals surface area contributed by atoms with E-state index in [1.807, 2.05) is 48.4 Å². The molecule has 1 aliphatic heterocycles. The number of carbonyl (C=O) groups excluding carboxylic acids is 1. The van der Waals surface area contributed by atoms with Gasteiger partial charge in [0.05, 0.1) is 16.3 Å². The van der Waals surface area contributed by atoms with Gasteiger partial charge in [-0.25, -0.2) is 4.79 Å². The van der Waals surface area contributed by atoms with E-state index in [9.17, 15) is 14.7 Å². The number of hydrogen-bond donors (Lipinski definition) is 1. The minimum atomic E-state index is -1.06. The summed E-state index contributed by atoms with van der Waals surface area (Å²) in [7, 11) is 2.04. The third-order valence-corrected chi connectivity index (χ3v) is 7.37. The SMILES string of the molecule is CI.CN1CCC(N(C(=O)c2ccc(Cl)cc2Cl)c2cc(-c3ccccc3)sc2C(=O)O)CC1.